The van der Waals surface area contributed by atoms with Crippen molar-refractivity contribution >= 4 is 27.5 Å². The molecular formula is C17H25BrN2O. The average Bonchev–Trinajstić information content (AvgIpc) is 2.71. The molecule has 0 aromatic heterocycles. The van der Waals surface area contributed by atoms with E-state index in [-0.39, 0.29) is 5.91 Å². The number of hydrogen-bond acceptors (Lipinski definition) is 2. The van der Waals surface area contributed by atoms with Crippen LogP contribution in [0.4, 0.5) is 5.69 Å². The second-order valence-corrected chi connectivity index (χ2v) is 6.95. The van der Waals surface area contributed by atoms with Gasteiger partial charge < -0.3 is 5.32 Å². The minimum atomic E-state index is 0.0614. The highest BCUT2D eigenvalue weighted by Gasteiger charge is 2.19. The van der Waals surface area contributed by atoms with Gasteiger partial charge in [-0.3, -0.25) is 9.69 Å². The van der Waals surface area contributed by atoms with Crippen LogP contribution in [0.2, 0.25) is 0 Å². The maximum absolute atomic E-state index is 12.2. The molecule has 4 heteroatoms. The second kappa shape index (κ2) is 7.95. The number of nitrogens with zero attached hydrogens (tertiary/aromatic N) is 1. The number of likely N-dealkylation sites (N-methyl/N-ethyl adjacent to an activating group) is 1. The zero-order chi connectivity index (χ0) is 15.2. The smallest absolute Gasteiger partial charge is 0.238 e. The van der Waals surface area contributed by atoms with Gasteiger partial charge >= 0.3 is 0 Å². The third kappa shape index (κ3) is 5.11. The fourth-order valence-corrected chi connectivity index (χ4v) is 3.56. The van der Waals surface area contributed by atoms with Crippen LogP contribution in [0.5, 0.6) is 0 Å². The number of benzene rings is 1. The Morgan fingerprint density at radius 1 is 1.29 bits per heavy atom. The van der Waals surface area contributed by atoms with Crippen LogP contribution in [-0.4, -0.2) is 30.4 Å². The van der Waals surface area contributed by atoms with Crippen molar-refractivity contribution in [3.8, 4) is 0 Å². The number of halogens is 1. The summed E-state index contributed by atoms with van der Waals surface area (Å²) in [4.78, 5) is 14.4. The van der Waals surface area contributed by atoms with E-state index in [0.29, 0.717) is 12.6 Å². The van der Waals surface area contributed by atoms with Crippen molar-refractivity contribution in [1.29, 1.82) is 0 Å². The molecular weight excluding hydrogens is 328 g/mol. The van der Waals surface area contributed by atoms with Crippen molar-refractivity contribution < 1.29 is 4.79 Å². The van der Waals surface area contributed by atoms with Crippen molar-refractivity contribution in [1.82, 2.24) is 4.90 Å². The number of hydrogen-bond donors (Lipinski definition) is 1. The fourth-order valence-electron chi connectivity index (χ4n) is 2.97. The lowest BCUT2D eigenvalue weighted by Crippen LogP contribution is -2.37. The first kappa shape index (κ1) is 16.5. The molecule has 0 heterocycles. The molecule has 1 aromatic rings. The molecule has 2 rings (SSSR count). The predicted molar refractivity (Wildman–Crippen MR) is 91.6 cm³/mol. The predicted octanol–water partition coefficient (Wildman–Crippen LogP) is 4.35. The van der Waals surface area contributed by atoms with Gasteiger partial charge in [0.1, 0.15) is 0 Å². The lowest BCUT2D eigenvalue weighted by Gasteiger charge is -2.26. The lowest BCUT2D eigenvalue weighted by molar-refractivity contribution is -0.117. The number of carbonyl (C=O) groups excluding carboxylic acids is 1. The van der Waals surface area contributed by atoms with E-state index in [9.17, 15) is 4.79 Å². The molecule has 1 fully saturated rings. The Hall–Kier alpha value is -0.870. The zero-order valence-electron chi connectivity index (χ0n) is 13.0. The maximum atomic E-state index is 12.2. The van der Waals surface area contributed by atoms with Crippen LogP contribution in [0.1, 0.15) is 44.1 Å². The SMILES string of the molecule is Cc1ccc(NC(=O)CN(C)C2CCCCCC2)c(Br)c1. The highest BCUT2D eigenvalue weighted by atomic mass is 79.9. The molecule has 1 aliphatic rings. The first-order valence-corrected chi connectivity index (χ1v) is 8.62. The van der Waals surface area contributed by atoms with Crippen molar-refractivity contribution in [2.24, 2.45) is 0 Å². The molecule has 0 atom stereocenters. The van der Waals surface area contributed by atoms with Gasteiger partial charge in [0.05, 0.1) is 12.2 Å². The average molecular weight is 353 g/mol. The first-order chi connectivity index (χ1) is 10.1. The van der Waals surface area contributed by atoms with E-state index in [1.807, 2.05) is 25.1 Å². The van der Waals surface area contributed by atoms with Gasteiger partial charge in [0.2, 0.25) is 5.91 Å². The molecule has 1 aliphatic carbocycles. The van der Waals surface area contributed by atoms with Crippen molar-refractivity contribution in [2.45, 2.75) is 51.5 Å². The van der Waals surface area contributed by atoms with Crippen LogP contribution >= 0.6 is 15.9 Å². The third-order valence-electron chi connectivity index (χ3n) is 4.24. The summed E-state index contributed by atoms with van der Waals surface area (Å²) >= 11 is 3.50. The van der Waals surface area contributed by atoms with E-state index in [1.54, 1.807) is 0 Å². The van der Waals surface area contributed by atoms with Crippen LogP contribution in [0.3, 0.4) is 0 Å². The molecule has 0 unspecified atom stereocenters. The molecule has 0 radical (unpaired) electrons. The Bertz CT molecular complexity index is 482. The summed E-state index contributed by atoms with van der Waals surface area (Å²) in [6.07, 6.45) is 7.70. The molecule has 0 spiro atoms. The fraction of sp³-hybridized carbons (Fsp3) is 0.588. The summed E-state index contributed by atoms with van der Waals surface area (Å²) in [6, 6.07) is 6.53. The van der Waals surface area contributed by atoms with Gasteiger partial charge in [0, 0.05) is 10.5 Å². The summed E-state index contributed by atoms with van der Waals surface area (Å²) < 4.78 is 0.938. The summed E-state index contributed by atoms with van der Waals surface area (Å²) in [7, 11) is 2.07. The summed E-state index contributed by atoms with van der Waals surface area (Å²) in [6.45, 7) is 2.50. The topological polar surface area (TPSA) is 32.3 Å². The minimum Gasteiger partial charge on any atom is -0.324 e. The Morgan fingerprint density at radius 3 is 2.57 bits per heavy atom. The molecule has 1 amide bonds. The largest absolute Gasteiger partial charge is 0.324 e. The number of aryl methyl sites for hydroxylation is 1. The molecule has 0 saturated heterocycles. The third-order valence-corrected chi connectivity index (χ3v) is 4.90. The van der Waals surface area contributed by atoms with Crippen LogP contribution in [0.15, 0.2) is 22.7 Å². The number of rotatable bonds is 4. The van der Waals surface area contributed by atoms with E-state index in [1.165, 1.54) is 44.1 Å². The van der Waals surface area contributed by atoms with E-state index in [0.717, 1.165) is 10.2 Å². The van der Waals surface area contributed by atoms with Crippen molar-refractivity contribution in [2.75, 3.05) is 18.9 Å². The maximum Gasteiger partial charge on any atom is 0.238 e. The Balaban J connectivity index is 1.88. The monoisotopic (exact) mass is 352 g/mol. The zero-order valence-corrected chi connectivity index (χ0v) is 14.6. The second-order valence-electron chi connectivity index (χ2n) is 6.09. The molecule has 21 heavy (non-hydrogen) atoms. The lowest BCUT2D eigenvalue weighted by atomic mass is 10.1. The molecule has 0 aliphatic heterocycles. The van der Waals surface area contributed by atoms with Gasteiger partial charge in [-0.1, -0.05) is 31.7 Å². The first-order valence-electron chi connectivity index (χ1n) is 7.82. The van der Waals surface area contributed by atoms with Gasteiger partial charge in [0.25, 0.3) is 0 Å². The molecule has 116 valence electrons. The van der Waals surface area contributed by atoms with Crippen LogP contribution in [0, 0.1) is 6.92 Å². The Morgan fingerprint density at radius 2 is 1.95 bits per heavy atom. The van der Waals surface area contributed by atoms with E-state index >= 15 is 0 Å². The van der Waals surface area contributed by atoms with Gasteiger partial charge in [-0.15, -0.1) is 0 Å². The highest BCUT2D eigenvalue weighted by molar-refractivity contribution is 9.10. The standard InChI is InChI=1S/C17H25BrN2O/c1-13-9-10-16(15(18)11-13)19-17(21)12-20(2)14-7-5-3-4-6-8-14/h9-11,14H,3-8,12H2,1-2H3,(H,19,21). The number of carbonyl (C=O) groups is 1. The van der Waals surface area contributed by atoms with Crippen LogP contribution in [-0.2, 0) is 4.79 Å². The van der Waals surface area contributed by atoms with Crippen molar-refractivity contribution in [3.63, 3.8) is 0 Å². The molecule has 3 nitrogen and oxygen atoms in total. The Kier molecular flexibility index (Phi) is 6.24. The number of anilines is 1. The quantitative estimate of drug-likeness (QED) is 0.816. The molecule has 1 N–H and O–H groups in total. The summed E-state index contributed by atoms with van der Waals surface area (Å²) in [5.74, 6) is 0.0614. The van der Waals surface area contributed by atoms with Gasteiger partial charge in [-0.25, -0.2) is 0 Å². The highest BCUT2D eigenvalue weighted by Crippen LogP contribution is 2.24. The van der Waals surface area contributed by atoms with E-state index in [4.69, 9.17) is 0 Å². The number of amides is 1. The van der Waals surface area contributed by atoms with Gasteiger partial charge in [-0.05, 0) is 60.4 Å². The van der Waals surface area contributed by atoms with Crippen LogP contribution in [0.25, 0.3) is 0 Å². The van der Waals surface area contributed by atoms with E-state index in [2.05, 4.69) is 33.2 Å². The summed E-state index contributed by atoms with van der Waals surface area (Å²) in [5.41, 5.74) is 2.02. The molecule has 1 saturated carbocycles. The van der Waals surface area contributed by atoms with Crippen molar-refractivity contribution in [3.05, 3.63) is 28.2 Å². The van der Waals surface area contributed by atoms with E-state index < -0.39 is 0 Å². The van der Waals surface area contributed by atoms with Gasteiger partial charge in [0.15, 0.2) is 0 Å². The minimum absolute atomic E-state index is 0.0614. The molecule has 1 aromatic carbocycles. The number of nitrogens with one attached hydrogen (secondary N) is 1. The normalized spacial score (nSPS) is 16.8. The summed E-state index contributed by atoms with van der Waals surface area (Å²) in [5, 5.41) is 3.00. The van der Waals surface area contributed by atoms with Gasteiger partial charge in [-0.2, -0.15) is 0 Å². The van der Waals surface area contributed by atoms with Crippen LogP contribution < -0.4 is 5.32 Å². The Labute approximate surface area is 136 Å². The molecule has 0 bridgehead atoms.